The molecule has 1 saturated carbocycles. The van der Waals surface area contributed by atoms with Crippen molar-refractivity contribution in [3.63, 3.8) is 0 Å². The Hall–Kier alpha value is -3.39. The van der Waals surface area contributed by atoms with Crippen LogP contribution in [0.15, 0.2) is 48.5 Å². The Kier molecular flexibility index (Phi) is 9.46. The van der Waals surface area contributed by atoms with Crippen LogP contribution in [-0.2, 0) is 6.54 Å². The Labute approximate surface area is 201 Å². The zero-order valence-electron chi connectivity index (χ0n) is 20.0. The fraction of sp³-hybridized carbons (Fsp3) is 0.423. The molecule has 0 saturated heterocycles. The van der Waals surface area contributed by atoms with Gasteiger partial charge in [0.1, 0.15) is 0 Å². The molecule has 1 fully saturated rings. The number of amides is 4. The molecule has 3 rings (SSSR count). The van der Waals surface area contributed by atoms with Crippen LogP contribution < -0.4 is 21.3 Å². The van der Waals surface area contributed by atoms with Gasteiger partial charge in [-0.15, -0.1) is 0 Å². The lowest BCUT2D eigenvalue weighted by atomic mass is 9.95. The minimum atomic E-state index is -0.361. The van der Waals surface area contributed by atoms with Crippen LogP contribution in [-0.4, -0.2) is 56.0 Å². The third-order valence-electron chi connectivity index (χ3n) is 5.83. The van der Waals surface area contributed by atoms with E-state index in [2.05, 4.69) is 21.3 Å². The predicted molar refractivity (Wildman–Crippen MR) is 134 cm³/mol. The fourth-order valence-corrected chi connectivity index (χ4v) is 3.90. The maximum Gasteiger partial charge on any atom is 0.319 e. The Morgan fingerprint density at radius 2 is 1.62 bits per heavy atom. The summed E-state index contributed by atoms with van der Waals surface area (Å²) in [6, 6.07) is 13.9. The summed E-state index contributed by atoms with van der Waals surface area (Å²) in [6.07, 6.45) is 5.64. The van der Waals surface area contributed by atoms with Gasteiger partial charge >= 0.3 is 6.03 Å². The van der Waals surface area contributed by atoms with Crippen molar-refractivity contribution in [2.24, 2.45) is 0 Å². The van der Waals surface area contributed by atoms with Crippen LogP contribution in [0.2, 0.25) is 0 Å². The van der Waals surface area contributed by atoms with E-state index in [9.17, 15) is 14.4 Å². The van der Waals surface area contributed by atoms with Crippen molar-refractivity contribution < 1.29 is 14.4 Å². The van der Waals surface area contributed by atoms with E-state index in [1.165, 1.54) is 6.42 Å². The Morgan fingerprint density at radius 1 is 0.882 bits per heavy atom. The predicted octanol–water partition coefficient (Wildman–Crippen LogP) is 3.36. The second kappa shape index (κ2) is 12.7. The second-order valence-corrected chi connectivity index (χ2v) is 8.95. The number of hydrogen-bond acceptors (Lipinski definition) is 4. The summed E-state index contributed by atoms with van der Waals surface area (Å²) < 4.78 is 0. The number of nitrogens with one attached hydrogen (secondary N) is 4. The number of nitrogens with zero attached hydrogens (tertiary/aromatic N) is 1. The van der Waals surface area contributed by atoms with E-state index in [1.807, 2.05) is 25.1 Å². The van der Waals surface area contributed by atoms with Crippen molar-refractivity contribution in [1.82, 2.24) is 20.9 Å². The van der Waals surface area contributed by atoms with Crippen molar-refractivity contribution in [2.75, 3.05) is 32.5 Å². The first-order chi connectivity index (χ1) is 16.4. The molecule has 1 aliphatic rings. The van der Waals surface area contributed by atoms with Crippen LogP contribution in [0.25, 0.3) is 0 Å². The van der Waals surface area contributed by atoms with Crippen LogP contribution in [0.3, 0.4) is 0 Å². The molecule has 34 heavy (non-hydrogen) atoms. The number of benzene rings is 2. The molecule has 4 N–H and O–H groups in total. The van der Waals surface area contributed by atoms with E-state index < -0.39 is 0 Å². The Bertz CT molecular complexity index is 969. The van der Waals surface area contributed by atoms with Crippen LogP contribution in [0.1, 0.15) is 58.4 Å². The average Bonchev–Trinajstić information content (AvgIpc) is 2.83. The van der Waals surface area contributed by atoms with E-state index in [-0.39, 0.29) is 30.4 Å². The summed E-state index contributed by atoms with van der Waals surface area (Å²) in [5, 5.41) is 11.5. The highest BCUT2D eigenvalue weighted by Gasteiger charge is 2.16. The molecule has 182 valence electrons. The molecular formula is C26H35N5O3. The van der Waals surface area contributed by atoms with Crippen molar-refractivity contribution in [2.45, 2.75) is 44.7 Å². The highest BCUT2D eigenvalue weighted by Crippen LogP contribution is 2.18. The molecule has 2 aromatic carbocycles. The van der Waals surface area contributed by atoms with Crippen LogP contribution >= 0.6 is 0 Å². The number of urea groups is 1. The van der Waals surface area contributed by atoms with Crippen LogP contribution in [0, 0.1) is 0 Å². The van der Waals surface area contributed by atoms with Gasteiger partial charge in [0.15, 0.2) is 0 Å². The average molecular weight is 466 g/mol. The molecule has 4 amide bonds. The monoisotopic (exact) mass is 465 g/mol. The normalized spacial score (nSPS) is 13.9. The van der Waals surface area contributed by atoms with Gasteiger partial charge in [-0.3, -0.25) is 9.59 Å². The maximum absolute atomic E-state index is 12.4. The van der Waals surface area contributed by atoms with E-state index in [1.54, 1.807) is 42.5 Å². The zero-order chi connectivity index (χ0) is 24.3. The second-order valence-electron chi connectivity index (χ2n) is 8.95. The van der Waals surface area contributed by atoms with E-state index >= 15 is 0 Å². The van der Waals surface area contributed by atoms with Gasteiger partial charge in [-0.2, -0.15) is 0 Å². The van der Waals surface area contributed by atoms with Gasteiger partial charge in [0.05, 0.1) is 0 Å². The summed E-state index contributed by atoms with van der Waals surface area (Å²) in [6.45, 7) is 1.61. The number of carbonyl (C=O) groups is 3. The van der Waals surface area contributed by atoms with Gasteiger partial charge in [-0.05, 0) is 68.9 Å². The van der Waals surface area contributed by atoms with Crippen molar-refractivity contribution in [3.05, 3.63) is 65.2 Å². The summed E-state index contributed by atoms with van der Waals surface area (Å²) in [4.78, 5) is 39.0. The number of anilines is 1. The minimum absolute atomic E-state index is 0.0754. The molecule has 1 aliphatic carbocycles. The highest BCUT2D eigenvalue weighted by atomic mass is 16.2. The van der Waals surface area contributed by atoms with Crippen LogP contribution in [0.4, 0.5) is 10.5 Å². The first-order valence-corrected chi connectivity index (χ1v) is 11.9. The molecule has 8 nitrogen and oxygen atoms in total. The summed E-state index contributed by atoms with van der Waals surface area (Å²) in [5.74, 6) is -0.214. The largest absolute Gasteiger partial charge is 0.351 e. The molecule has 0 aliphatic heterocycles. The number of hydrogen-bond donors (Lipinski definition) is 4. The molecule has 2 aromatic rings. The Balaban J connectivity index is 1.45. The van der Waals surface area contributed by atoms with E-state index in [0.29, 0.717) is 23.4 Å². The van der Waals surface area contributed by atoms with Gasteiger partial charge in [0, 0.05) is 42.5 Å². The number of likely N-dealkylation sites (N-methyl/N-ethyl adjacent to an activating group) is 1. The SMILES string of the molecule is CN(C)CCNC(=O)c1cccc(CNC(=O)Nc2ccc(C(=O)NC3CCCCC3)cc2)c1. The van der Waals surface area contributed by atoms with Crippen molar-refractivity contribution in [3.8, 4) is 0 Å². The maximum atomic E-state index is 12.4. The summed E-state index contributed by atoms with van der Waals surface area (Å²) >= 11 is 0. The summed E-state index contributed by atoms with van der Waals surface area (Å²) in [5.41, 5.74) is 2.56. The van der Waals surface area contributed by atoms with Crippen molar-refractivity contribution >= 4 is 23.5 Å². The highest BCUT2D eigenvalue weighted by molar-refractivity contribution is 5.96. The molecule has 8 heteroatoms. The molecule has 0 radical (unpaired) electrons. The topological polar surface area (TPSA) is 103 Å². The molecular weight excluding hydrogens is 430 g/mol. The minimum Gasteiger partial charge on any atom is -0.351 e. The van der Waals surface area contributed by atoms with E-state index in [0.717, 1.165) is 37.8 Å². The lowest BCUT2D eigenvalue weighted by Gasteiger charge is -2.22. The third-order valence-corrected chi connectivity index (χ3v) is 5.83. The zero-order valence-corrected chi connectivity index (χ0v) is 20.0. The first-order valence-electron chi connectivity index (χ1n) is 11.9. The van der Waals surface area contributed by atoms with Crippen molar-refractivity contribution in [1.29, 1.82) is 0 Å². The van der Waals surface area contributed by atoms with E-state index in [4.69, 9.17) is 0 Å². The lowest BCUT2D eigenvalue weighted by molar-refractivity contribution is 0.0925. The van der Waals surface area contributed by atoms with Gasteiger partial charge in [0.2, 0.25) is 0 Å². The standard InChI is InChI=1S/C26H35N5O3/c1-31(2)16-15-27-24(32)21-8-6-7-19(17-21)18-28-26(34)30-23-13-11-20(12-14-23)25(33)29-22-9-4-3-5-10-22/h6-8,11-14,17,22H,3-5,9-10,15-16,18H2,1-2H3,(H,27,32)(H,29,33)(H2,28,30,34). The number of carbonyl (C=O) groups excluding carboxylic acids is 3. The van der Waals surface area contributed by atoms with Gasteiger partial charge < -0.3 is 26.2 Å². The molecule has 0 spiro atoms. The first kappa shape index (κ1) is 25.2. The quantitative estimate of drug-likeness (QED) is 0.456. The third kappa shape index (κ3) is 8.19. The van der Waals surface area contributed by atoms with Crippen LogP contribution in [0.5, 0.6) is 0 Å². The van der Waals surface area contributed by atoms with Gasteiger partial charge in [0.25, 0.3) is 11.8 Å². The summed E-state index contributed by atoms with van der Waals surface area (Å²) in [7, 11) is 3.90. The smallest absolute Gasteiger partial charge is 0.319 e. The Morgan fingerprint density at radius 3 is 2.32 bits per heavy atom. The fourth-order valence-electron chi connectivity index (χ4n) is 3.90. The van der Waals surface area contributed by atoms with Gasteiger partial charge in [-0.1, -0.05) is 31.4 Å². The molecule has 0 aromatic heterocycles. The molecule has 0 heterocycles. The molecule has 0 unspecified atom stereocenters. The van der Waals surface area contributed by atoms with Gasteiger partial charge in [-0.25, -0.2) is 4.79 Å². The number of rotatable bonds is 9. The lowest BCUT2D eigenvalue weighted by Crippen LogP contribution is -2.36. The molecule has 0 atom stereocenters. The molecule has 0 bridgehead atoms.